The molecule has 2 amide bonds. The molecule has 0 saturated carbocycles. The predicted molar refractivity (Wildman–Crippen MR) is 92.2 cm³/mol. The zero-order chi connectivity index (χ0) is 17.5. The molecule has 0 unspecified atom stereocenters. The highest BCUT2D eigenvalue weighted by molar-refractivity contribution is 5.95. The molecule has 6 N–H and O–H groups in total. The van der Waals surface area contributed by atoms with Crippen LogP contribution in [0.3, 0.4) is 0 Å². The lowest BCUT2D eigenvalue weighted by atomic mass is 10.0. The third-order valence-corrected chi connectivity index (χ3v) is 3.30. The van der Waals surface area contributed by atoms with Crippen LogP contribution in [0, 0.1) is 5.41 Å². The third-order valence-electron chi connectivity index (χ3n) is 3.30. The molecule has 0 aromatic heterocycles. The number of nitrogens with two attached hydrogens (primary N) is 1. The van der Waals surface area contributed by atoms with Gasteiger partial charge in [-0.25, -0.2) is 4.79 Å². The first-order valence-corrected chi connectivity index (χ1v) is 7.27. The van der Waals surface area contributed by atoms with Crippen molar-refractivity contribution >= 4 is 23.5 Å². The molecule has 0 bridgehead atoms. The Morgan fingerprint density at radius 3 is 2.04 bits per heavy atom. The number of carboxylic acids is 1. The molecule has 2 rings (SSSR count). The van der Waals surface area contributed by atoms with Gasteiger partial charge in [0.2, 0.25) is 0 Å². The number of amides is 2. The molecule has 7 nitrogen and oxygen atoms in total. The summed E-state index contributed by atoms with van der Waals surface area (Å²) in [5.74, 6) is -0.939. The van der Waals surface area contributed by atoms with E-state index in [1.165, 1.54) is 0 Å². The lowest BCUT2D eigenvalue weighted by Crippen LogP contribution is -2.30. The highest BCUT2D eigenvalue weighted by Gasteiger charge is 2.04. The van der Waals surface area contributed by atoms with Crippen LogP contribution in [0.1, 0.15) is 12.0 Å². The van der Waals surface area contributed by atoms with Gasteiger partial charge >= 0.3 is 12.0 Å². The van der Waals surface area contributed by atoms with Crippen molar-refractivity contribution in [3.8, 4) is 11.1 Å². The van der Waals surface area contributed by atoms with Crippen LogP contribution in [0.4, 0.5) is 10.5 Å². The van der Waals surface area contributed by atoms with Crippen molar-refractivity contribution in [3.63, 3.8) is 0 Å². The number of carbonyl (C=O) groups excluding carboxylic acids is 1. The highest BCUT2D eigenvalue weighted by atomic mass is 16.4. The fraction of sp³-hybridized carbons (Fsp3) is 0.118. The first kappa shape index (κ1) is 17.0. The second-order valence-corrected chi connectivity index (χ2v) is 5.09. The number of anilines is 1. The van der Waals surface area contributed by atoms with Crippen LogP contribution < -0.4 is 16.4 Å². The average Bonchev–Trinajstić information content (AvgIpc) is 2.55. The van der Waals surface area contributed by atoms with E-state index in [9.17, 15) is 9.59 Å². The number of hydrogen-bond acceptors (Lipinski definition) is 3. The van der Waals surface area contributed by atoms with Gasteiger partial charge in [0.1, 0.15) is 5.84 Å². The van der Waals surface area contributed by atoms with Crippen molar-refractivity contribution in [1.29, 1.82) is 5.41 Å². The largest absolute Gasteiger partial charge is 0.481 e. The van der Waals surface area contributed by atoms with E-state index in [0.717, 1.165) is 11.1 Å². The maximum Gasteiger partial charge on any atom is 0.319 e. The van der Waals surface area contributed by atoms with E-state index in [2.05, 4.69) is 10.6 Å². The van der Waals surface area contributed by atoms with E-state index in [-0.39, 0.29) is 18.8 Å². The van der Waals surface area contributed by atoms with Crippen molar-refractivity contribution in [1.82, 2.24) is 5.32 Å². The van der Waals surface area contributed by atoms with Gasteiger partial charge in [0, 0.05) is 17.8 Å². The standard InChI is InChI=1S/C17H18N4O3/c18-16(19)13-3-1-11(2-4-13)12-5-7-14(8-6-12)21-17(24)20-10-9-15(22)23/h1-8H,9-10H2,(H3,18,19)(H,22,23)(H2,20,21,24). The topological polar surface area (TPSA) is 128 Å². The summed E-state index contributed by atoms with van der Waals surface area (Å²) < 4.78 is 0. The lowest BCUT2D eigenvalue weighted by molar-refractivity contribution is -0.136. The second-order valence-electron chi connectivity index (χ2n) is 5.09. The normalized spacial score (nSPS) is 10.0. The summed E-state index contributed by atoms with van der Waals surface area (Å²) in [4.78, 5) is 22.0. The summed E-state index contributed by atoms with van der Waals surface area (Å²) in [6.07, 6.45) is -0.122. The number of nitrogens with one attached hydrogen (secondary N) is 3. The van der Waals surface area contributed by atoms with Crippen LogP contribution in [0.2, 0.25) is 0 Å². The van der Waals surface area contributed by atoms with Gasteiger partial charge in [-0.15, -0.1) is 0 Å². The molecule has 2 aromatic carbocycles. The van der Waals surface area contributed by atoms with Crippen LogP contribution in [0.25, 0.3) is 11.1 Å². The van der Waals surface area contributed by atoms with E-state index in [0.29, 0.717) is 11.3 Å². The minimum Gasteiger partial charge on any atom is -0.481 e. The van der Waals surface area contributed by atoms with Crippen molar-refractivity contribution < 1.29 is 14.7 Å². The fourth-order valence-corrected chi connectivity index (χ4v) is 2.05. The Kier molecular flexibility index (Phi) is 5.51. The van der Waals surface area contributed by atoms with Crippen LogP contribution in [-0.4, -0.2) is 29.5 Å². The summed E-state index contributed by atoms with van der Waals surface area (Å²) >= 11 is 0. The number of aliphatic carboxylic acids is 1. The molecule has 0 spiro atoms. The number of amidine groups is 1. The van der Waals surface area contributed by atoms with Gasteiger partial charge in [-0.1, -0.05) is 36.4 Å². The minimum absolute atomic E-state index is 0.0232. The molecule has 0 aliphatic rings. The van der Waals surface area contributed by atoms with Crippen molar-refractivity contribution in [2.45, 2.75) is 6.42 Å². The quantitative estimate of drug-likeness (QED) is 0.412. The van der Waals surface area contributed by atoms with E-state index in [1.807, 2.05) is 24.3 Å². The second kappa shape index (κ2) is 7.77. The van der Waals surface area contributed by atoms with Crippen LogP contribution in [-0.2, 0) is 4.79 Å². The Bertz CT molecular complexity index is 739. The van der Waals surface area contributed by atoms with Gasteiger partial charge in [0.05, 0.1) is 6.42 Å². The molecule has 24 heavy (non-hydrogen) atoms. The number of benzene rings is 2. The van der Waals surface area contributed by atoms with Gasteiger partial charge < -0.3 is 21.5 Å². The number of hydrogen-bond donors (Lipinski definition) is 5. The Labute approximate surface area is 139 Å². The van der Waals surface area contributed by atoms with Crippen LogP contribution in [0.15, 0.2) is 48.5 Å². The molecule has 0 fully saturated rings. The van der Waals surface area contributed by atoms with Gasteiger partial charge in [0.25, 0.3) is 0 Å². The summed E-state index contributed by atoms with van der Waals surface area (Å²) in [6.45, 7) is 0.0712. The molecule has 124 valence electrons. The van der Waals surface area contributed by atoms with E-state index in [4.69, 9.17) is 16.2 Å². The molecular weight excluding hydrogens is 308 g/mol. The Balaban J connectivity index is 1.96. The first-order valence-electron chi connectivity index (χ1n) is 7.27. The Morgan fingerprint density at radius 1 is 1.00 bits per heavy atom. The monoisotopic (exact) mass is 326 g/mol. The zero-order valence-corrected chi connectivity index (χ0v) is 12.9. The summed E-state index contributed by atoms with van der Waals surface area (Å²) in [6, 6.07) is 14.1. The van der Waals surface area contributed by atoms with Gasteiger partial charge in [-0.05, 0) is 23.3 Å². The smallest absolute Gasteiger partial charge is 0.319 e. The fourth-order valence-electron chi connectivity index (χ4n) is 2.05. The van der Waals surface area contributed by atoms with E-state index >= 15 is 0 Å². The molecule has 0 aliphatic heterocycles. The molecule has 0 atom stereocenters. The number of carbonyl (C=O) groups is 2. The summed E-state index contributed by atoms with van der Waals surface area (Å²) in [7, 11) is 0. The van der Waals surface area contributed by atoms with Gasteiger partial charge in [0.15, 0.2) is 0 Å². The van der Waals surface area contributed by atoms with E-state index < -0.39 is 12.0 Å². The van der Waals surface area contributed by atoms with Crippen LogP contribution in [0.5, 0.6) is 0 Å². The zero-order valence-electron chi connectivity index (χ0n) is 12.9. The van der Waals surface area contributed by atoms with E-state index in [1.54, 1.807) is 24.3 Å². The average molecular weight is 326 g/mol. The van der Waals surface area contributed by atoms with Gasteiger partial charge in [-0.3, -0.25) is 10.2 Å². The van der Waals surface area contributed by atoms with Crippen LogP contribution >= 0.6 is 0 Å². The molecule has 2 aromatic rings. The summed E-state index contributed by atoms with van der Waals surface area (Å²) in [5, 5.41) is 21.0. The Morgan fingerprint density at radius 2 is 1.54 bits per heavy atom. The van der Waals surface area contributed by atoms with Gasteiger partial charge in [-0.2, -0.15) is 0 Å². The number of rotatable bonds is 6. The predicted octanol–water partition coefficient (Wildman–Crippen LogP) is 2.23. The molecule has 0 saturated heterocycles. The summed E-state index contributed by atoms with van der Waals surface area (Å²) in [5.41, 5.74) is 8.62. The van der Waals surface area contributed by atoms with Crippen molar-refractivity contribution in [2.24, 2.45) is 5.73 Å². The number of carboxylic acid groups (broad SMARTS) is 1. The molecule has 0 heterocycles. The maximum absolute atomic E-state index is 11.6. The number of nitrogen functional groups attached to an aromatic ring is 1. The maximum atomic E-state index is 11.6. The highest BCUT2D eigenvalue weighted by Crippen LogP contribution is 2.21. The SMILES string of the molecule is N=C(N)c1ccc(-c2ccc(NC(=O)NCCC(=O)O)cc2)cc1. The molecule has 0 radical (unpaired) electrons. The lowest BCUT2D eigenvalue weighted by Gasteiger charge is -2.08. The first-order chi connectivity index (χ1) is 11.5. The number of urea groups is 1. The Hall–Kier alpha value is -3.35. The third kappa shape index (κ3) is 4.84. The van der Waals surface area contributed by atoms with Crippen molar-refractivity contribution in [3.05, 3.63) is 54.1 Å². The minimum atomic E-state index is -0.963. The van der Waals surface area contributed by atoms with Crippen molar-refractivity contribution in [2.75, 3.05) is 11.9 Å². The molecule has 0 aliphatic carbocycles. The molecular formula is C17H18N4O3. The molecule has 7 heteroatoms.